The summed E-state index contributed by atoms with van der Waals surface area (Å²) >= 11 is 3.42. The van der Waals surface area contributed by atoms with Crippen molar-refractivity contribution in [3.63, 3.8) is 0 Å². The van der Waals surface area contributed by atoms with Gasteiger partial charge in [0.25, 0.3) is 0 Å². The summed E-state index contributed by atoms with van der Waals surface area (Å²) in [4.78, 5) is 13.4. The predicted molar refractivity (Wildman–Crippen MR) is 110 cm³/mol. The summed E-state index contributed by atoms with van der Waals surface area (Å²) in [6.45, 7) is 0. The van der Waals surface area contributed by atoms with Gasteiger partial charge in [-0.25, -0.2) is 4.52 Å². The number of aromatic nitrogens is 4. The summed E-state index contributed by atoms with van der Waals surface area (Å²) < 4.78 is 9.28. The third-order valence-corrected chi connectivity index (χ3v) is 4.93. The van der Waals surface area contributed by atoms with E-state index in [2.05, 4.69) is 31.4 Å². The van der Waals surface area contributed by atoms with Crippen LogP contribution in [0.1, 0.15) is 22.2 Å². The summed E-state index contributed by atoms with van der Waals surface area (Å²) in [5, 5.41) is 12.2. The second-order valence-electron chi connectivity index (χ2n) is 6.31. The van der Waals surface area contributed by atoms with Crippen LogP contribution in [0.2, 0.25) is 0 Å². The second kappa shape index (κ2) is 7.47. The van der Waals surface area contributed by atoms with Gasteiger partial charge in [0.1, 0.15) is 17.5 Å². The molecule has 1 aromatic carbocycles. The Bertz CT molecular complexity index is 1120. The van der Waals surface area contributed by atoms with E-state index in [9.17, 15) is 4.79 Å². The quantitative estimate of drug-likeness (QED) is 0.461. The Hall–Kier alpha value is -3.13. The normalized spacial score (nSPS) is 12.1. The van der Waals surface area contributed by atoms with Crippen LogP contribution in [-0.4, -0.2) is 32.3 Å². The number of hydrogen-bond acceptors (Lipinski definition) is 5. The zero-order valence-electron chi connectivity index (χ0n) is 15.3. The number of Topliss-reactive ketones (excluding diaryl/α,β-unsaturated/α-hetero) is 1. The van der Waals surface area contributed by atoms with Gasteiger partial charge >= 0.3 is 0 Å². The largest absolute Gasteiger partial charge is 0.497 e. The lowest BCUT2D eigenvalue weighted by Crippen LogP contribution is -2.23. The molecule has 0 bridgehead atoms. The molecule has 0 fully saturated rings. The Balaban J connectivity index is 1.77. The van der Waals surface area contributed by atoms with Gasteiger partial charge in [-0.15, -0.1) is 0 Å². The van der Waals surface area contributed by atoms with Crippen LogP contribution in [0.3, 0.4) is 0 Å². The van der Waals surface area contributed by atoms with Gasteiger partial charge in [0.05, 0.1) is 22.8 Å². The van der Waals surface area contributed by atoms with E-state index in [4.69, 9.17) is 4.74 Å². The molecule has 0 aliphatic heterocycles. The van der Waals surface area contributed by atoms with E-state index in [0.29, 0.717) is 21.6 Å². The smallest absolute Gasteiger partial charge is 0.212 e. The molecule has 1 atom stereocenters. The number of hydrogen-bond donors (Lipinski definition) is 1. The Labute approximate surface area is 170 Å². The summed E-state index contributed by atoms with van der Waals surface area (Å²) in [6, 6.07) is 14.4. The van der Waals surface area contributed by atoms with E-state index in [1.807, 2.05) is 54.7 Å². The van der Waals surface area contributed by atoms with E-state index in [0.717, 1.165) is 11.2 Å². The third kappa shape index (κ3) is 3.50. The molecule has 0 aliphatic rings. The van der Waals surface area contributed by atoms with Gasteiger partial charge < -0.3 is 10.1 Å². The number of ether oxygens (including phenoxy) is 1. The fourth-order valence-electron chi connectivity index (χ4n) is 3.02. The molecule has 0 aliphatic carbocycles. The lowest BCUT2D eigenvalue weighted by atomic mass is 10.1. The van der Waals surface area contributed by atoms with E-state index < -0.39 is 6.04 Å². The van der Waals surface area contributed by atoms with Crippen LogP contribution >= 0.6 is 15.9 Å². The molecular weight excluding hydrogens is 422 g/mol. The molecule has 4 aromatic rings. The number of nitrogens with zero attached hydrogens (tertiary/aromatic N) is 4. The fraction of sp³-hybridized carbons (Fsp3) is 0.150. The number of methoxy groups -OCH3 is 1. The van der Waals surface area contributed by atoms with Crippen LogP contribution in [0.15, 0.2) is 65.4 Å². The average molecular weight is 440 g/mol. The minimum Gasteiger partial charge on any atom is -0.497 e. The standard InChI is InChI=1S/C20H18BrN5O2/c1-25-12-16(21)18(24-25)20(27)19(22-13-6-5-8-15(10-13)28-2)17-11-14-7-3-4-9-26(14)23-17/h3-12,19,22H,1-2H3. The summed E-state index contributed by atoms with van der Waals surface area (Å²) in [5.74, 6) is 0.518. The van der Waals surface area contributed by atoms with Gasteiger partial charge in [-0.2, -0.15) is 10.2 Å². The number of aryl methyl sites for hydroxylation is 1. The Kier molecular flexibility index (Phi) is 4.87. The number of fused-ring (bicyclic) bond motifs is 1. The van der Waals surface area contributed by atoms with E-state index >= 15 is 0 Å². The number of carbonyl (C=O) groups is 1. The van der Waals surface area contributed by atoms with E-state index in [1.165, 1.54) is 0 Å². The predicted octanol–water partition coefficient (Wildman–Crippen LogP) is 3.88. The van der Waals surface area contributed by atoms with Crippen molar-refractivity contribution in [3.05, 3.63) is 76.8 Å². The van der Waals surface area contributed by atoms with Gasteiger partial charge in [0.2, 0.25) is 5.78 Å². The molecular formula is C20H18BrN5O2. The first-order valence-electron chi connectivity index (χ1n) is 8.63. The Morgan fingerprint density at radius 1 is 1.18 bits per heavy atom. The highest BCUT2D eigenvalue weighted by molar-refractivity contribution is 9.10. The van der Waals surface area contributed by atoms with Crippen LogP contribution in [0.5, 0.6) is 5.75 Å². The Morgan fingerprint density at radius 2 is 2.04 bits per heavy atom. The SMILES string of the molecule is COc1cccc(NC(C(=O)c2nn(C)cc2Br)c2cc3ccccn3n2)c1. The summed E-state index contributed by atoms with van der Waals surface area (Å²) in [6.07, 6.45) is 3.60. The molecule has 0 spiro atoms. The summed E-state index contributed by atoms with van der Waals surface area (Å²) in [5.41, 5.74) is 2.61. The molecule has 0 radical (unpaired) electrons. The van der Waals surface area contributed by atoms with Crippen molar-refractivity contribution in [2.75, 3.05) is 12.4 Å². The number of carbonyl (C=O) groups excluding carboxylic acids is 1. The van der Waals surface area contributed by atoms with Crippen LogP contribution in [0, 0.1) is 0 Å². The minimum absolute atomic E-state index is 0.182. The lowest BCUT2D eigenvalue weighted by molar-refractivity contribution is 0.0961. The van der Waals surface area contributed by atoms with E-state index in [-0.39, 0.29) is 5.78 Å². The number of anilines is 1. The first-order chi connectivity index (χ1) is 13.5. The second-order valence-corrected chi connectivity index (χ2v) is 7.17. The maximum atomic E-state index is 13.4. The minimum atomic E-state index is -0.710. The van der Waals surface area contributed by atoms with Crippen LogP contribution in [-0.2, 0) is 7.05 Å². The highest BCUT2D eigenvalue weighted by Gasteiger charge is 2.28. The molecule has 28 heavy (non-hydrogen) atoms. The highest BCUT2D eigenvalue weighted by Crippen LogP contribution is 2.28. The van der Waals surface area contributed by atoms with Crippen molar-refractivity contribution in [1.82, 2.24) is 19.4 Å². The molecule has 0 saturated heterocycles. The van der Waals surface area contributed by atoms with Crippen molar-refractivity contribution in [1.29, 1.82) is 0 Å². The van der Waals surface area contributed by atoms with Crippen molar-refractivity contribution in [3.8, 4) is 5.75 Å². The number of benzene rings is 1. The lowest BCUT2D eigenvalue weighted by Gasteiger charge is -2.17. The topological polar surface area (TPSA) is 73.5 Å². The van der Waals surface area contributed by atoms with E-state index in [1.54, 1.807) is 29.6 Å². The van der Waals surface area contributed by atoms with Crippen molar-refractivity contribution in [2.45, 2.75) is 6.04 Å². The zero-order chi connectivity index (χ0) is 19.7. The Morgan fingerprint density at radius 3 is 2.75 bits per heavy atom. The van der Waals surface area contributed by atoms with Gasteiger partial charge in [0.15, 0.2) is 0 Å². The molecule has 0 amide bonds. The zero-order valence-corrected chi connectivity index (χ0v) is 16.9. The van der Waals surface area contributed by atoms with Crippen LogP contribution in [0.25, 0.3) is 5.52 Å². The maximum absolute atomic E-state index is 13.4. The molecule has 7 nitrogen and oxygen atoms in total. The number of nitrogens with one attached hydrogen (secondary N) is 1. The first kappa shape index (κ1) is 18.2. The monoisotopic (exact) mass is 439 g/mol. The molecule has 3 heterocycles. The maximum Gasteiger partial charge on any atom is 0.212 e. The molecule has 142 valence electrons. The van der Waals surface area contributed by atoms with Crippen LogP contribution in [0.4, 0.5) is 5.69 Å². The fourth-order valence-corrected chi connectivity index (χ4v) is 3.59. The number of ketones is 1. The highest BCUT2D eigenvalue weighted by atomic mass is 79.9. The van der Waals surface area contributed by atoms with Gasteiger partial charge in [-0.1, -0.05) is 12.1 Å². The number of pyridine rings is 1. The molecule has 4 rings (SSSR count). The molecule has 0 saturated carbocycles. The first-order valence-corrected chi connectivity index (χ1v) is 9.43. The molecule has 8 heteroatoms. The van der Waals surface area contributed by atoms with Gasteiger partial charge in [-0.05, 0) is 46.3 Å². The number of halogens is 1. The van der Waals surface area contributed by atoms with Crippen molar-refractivity contribution >= 4 is 32.9 Å². The average Bonchev–Trinajstić information content (AvgIpc) is 3.28. The molecule has 3 aromatic heterocycles. The van der Waals surface area contributed by atoms with Crippen molar-refractivity contribution in [2.24, 2.45) is 7.05 Å². The molecule has 1 unspecified atom stereocenters. The third-order valence-electron chi connectivity index (χ3n) is 4.35. The summed E-state index contributed by atoms with van der Waals surface area (Å²) in [7, 11) is 3.38. The molecule has 1 N–H and O–H groups in total. The van der Waals surface area contributed by atoms with Crippen LogP contribution < -0.4 is 10.1 Å². The number of rotatable bonds is 6. The van der Waals surface area contributed by atoms with Gasteiger partial charge in [0, 0.05) is 31.2 Å². The van der Waals surface area contributed by atoms with Gasteiger partial charge in [-0.3, -0.25) is 9.48 Å². The van der Waals surface area contributed by atoms with Crippen molar-refractivity contribution < 1.29 is 9.53 Å².